The van der Waals surface area contributed by atoms with Gasteiger partial charge < -0.3 is 4.90 Å². The average molecular weight is 442 g/mol. The molecule has 3 amide bonds. The van der Waals surface area contributed by atoms with E-state index < -0.39 is 44.3 Å². The van der Waals surface area contributed by atoms with Gasteiger partial charge in [-0.15, -0.1) is 4.28 Å². The lowest BCUT2D eigenvalue weighted by atomic mass is 10.0. The van der Waals surface area contributed by atoms with Crippen molar-refractivity contribution in [1.82, 2.24) is 20.3 Å². The summed E-state index contributed by atoms with van der Waals surface area (Å²) in [4.78, 5) is 32.8. The lowest BCUT2D eigenvalue weighted by Gasteiger charge is -2.29. The van der Waals surface area contributed by atoms with Crippen LogP contribution in [0.4, 0.5) is 4.79 Å². The molecule has 13 nitrogen and oxygen atoms in total. The third kappa shape index (κ3) is 5.09. The Morgan fingerprint density at radius 2 is 1.93 bits per heavy atom. The van der Waals surface area contributed by atoms with Gasteiger partial charge in [0.05, 0.1) is 24.2 Å². The SMILES string of the molecule is O=C(NOCCN1CCS(=O)(=O)CC1)[C@@H]1CCC2CN1C(=O)N2OS(=O)(=O)O. The topological polar surface area (TPSA) is 163 Å². The van der Waals surface area contributed by atoms with Crippen LogP contribution in [-0.2, 0) is 34.2 Å². The number of nitrogens with zero attached hydrogens (tertiary/aromatic N) is 3. The molecule has 28 heavy (non-hydrogen) atoms. The third-order valence-electron chi connectivity index (χ3n) is 4.92. The molecular weight excluding hydrogens is 420 g/mol. The molecule has 3 aliphatic rings. The molecule has 3 saturated heterocycles. The van der Waals surface area contributed by atoms with E-state index >= 15 is 0 Å². The van der Waals surface area contributed by atoms with Crippen LogP contribution in [0.25, 0.3) is 0 Å². The molecule has 0 radical (unpaired) electrons. The molecule has 15 heteroatoms. The minimum Gasteiger partial charge on any atom is -0.309 e. The van der Waals surface area contributed by atoms with Crippen molar-refractivity contribution in [3.8, 4) is 0 Å². The van der Waals surface area contributed by atoms with E-state index in [9.17, 15) is 26.4 Å². The molecule has 160 valence electrons. The molecule has 0 aromatic heterocycles. The Labute approximate surface area is 162 Å². The fourth-order valence-corrected chi connectivity index (χ4v) is 5.11. The van der Waals surface area contributed by atoms with E-state index in [0.29, 0.717) is 31.1 Å². The standard InChI is InChI=1S/C13H22N4O9S2/c18-12(14-25-6-3-15-4-7-27(20,21)8-5-15)11-2-1-10-9-16(11)13(19)17(10)26-28(22,23)24/h10-11H,1-9H2,(H,14,18)(H,22,23,24)/t10?,11-/m0/s1. The number of hydroxylamine groups is 3. The van der Waals surface area contributed by atoms with E-state index in [1.165, 1.54) is 0 Å². The Balaban J connectivity index is 1.44. The molecule has 3 aliphatic heterocycles. The minimum absolute atomic E-state index is 0.0920. The second-order valence-corrected chi connectivity index (χ2v) is 10.1. The second kappa shape index (κ2) is 8.08. The van der Waals surface area contributed by atoms with Gasteiger partial charge in [-0.25, -0.2) is 18.7 Å². The zero-order valence-corrected chi connectivity index (χ0v) is 16.5. The maximum Gasteiger partial charge on any atom is 0.418 e. The van der Waals surface area contributed by atoms with Crippen molar-refractivity contribution in [2.45, 2.75) is 24.9 Å². The van der Waals surface area contributed by atoms with Crippen LogP contribution in [0.2, 0.25) is 0 Å². The van der Waals surface area contributed by atoms with Crippen molar-refractivity contribution < 1.29 is 40.1 Å². The van der Waals surface area contributed by atoms with Crippen molar-refractivity contribution in [3.05, 3.63) is 0 Å². The van der Waals surface area contributed by atoms with Gasteiger partial charge in [0, 0.05) is 26.2 Å². The number of hydrogen-bond donors (Lipinski definition) is 2. The lowest BCUT2D eigenvalue weighted by Crippen LogP contribution is -2.50. The summed E-state index contributed by atoms with van der Waals surface area (Å²) in [5.41, 5.74) is 2.27. The summed E-state index contributed by atoms with van der Waals surface area (Å²) < 4.78 is 57.5. The third-order valence-corrected chi connectivity index (χ3v) is 6.88. The minimum atomic E-state index is -4.84. The van der Waals surface area contributed by atoms with Crippen LogP contribution < -0.4 is 5.48 Å². The number of carbonyl (C=O) groups is 2. The van der Waals surface area contributed by atoms with E-state index in [1.807, 2.05) is 4.90 Å². The summed E-state index contributed by atoms with van der Waals surface area (Å²) in [6, 6.07) is -2.25. The van der Waals surface area contributed by atoms with Crippen LogP contribution in [0.5, 0.6) is 0 Å². The van der Waals surface area contributed by atoms with Crippen molar-refractivity contribution in [1.29, 1.82) is 0 Å². The van der Waals surface area contributed by atoms with Gasteiger partial charge in [-0.1, -0.05) is 0 Å². The van der Waals surface area contributed by atoms with Gasteiger partial charge in [0.15, 0.2) is 9.84 Å². The summed E-state index contributed by atoms with van der Waals surface area (Å²) in [5, 5.41) is 0.563. The van der Waals surface area contributed by atoms with E-state index in [2.05, 4.69) is 9.76 Å². The molecule has 0 aromatic carbocycles. The van der Waals surface area contributed by atoms with Crippen molar-refractivity contribution in [2.24, 2.45) is 0 Å². The normalized spacial score (nSPS) is 27.8. The predicted octanol–water partition coefficient (Wildman–Crippen LogP) is -2.23. The Morgan fingerprint density at radius 3 is 2.57 bits per heavy atom. The fraction of sp³-hybridized carbons (Fsp3) is 0.846. The first kappa shape index (κ1) is 21.2. The maximum absolute atomic E-state index is 12.3. The Bertz CT molecular complexity index is 817. The molecule has 2 atom stereocenters. The van der Waals surface area contributed by atoms with E-state index in [1.54, 1.807) is 0 Å². The smallest absolute Gasteiger partial charge is 0.309 e. The summed E-state index contributed by atoms with van der Waals surface area (Å²) in [7, 11) is -7.80. The van der Waals surface area contributed by atoms with Gasteiger partial charge in [-0.05, 0) is 12.8 Å². The number of hydrogen-bond acceptors (Lipinski definition) is 9. The quantitative estimate of drug-likeness (QED) is 0.250. The molecule has 0 aliphatic carbocycles. The Morgan fingerprint density at radius 1 is 1.25 bits per heavy atom. The summed E-state index contributed by atoms with van der Waals surface area (Å²) >= 11 is 0. The summed E-state index contributed by atoms with van der Waals surface area (Å²) in [6.45, 7) is 1.51. The molecule has 0 aromatic rings. The Kier molecular flexibility index (Phi) is 6.11. The van der Waals surface area contributed by atoms with Gasteiger partial charge >= 0.3 is 16.4 Å². The fourth-order valence-electron chi connectivity index (χ4n) is 3.44. The molecule has 3 fully saturated rings. The first-order chi connectivity index (χ1) is 13.1. The highest BCUT2D eigenvalue weighted by Gasteiger charge is 2.49. The van der Waals surface area contributed by atoms with E-state index in [4.69, 9.17) is 9.39 Å². The van der Waals surface area contributed by atoms with Gasteiger partial charge in [0.25, 0.3) is 5.91 Å². The van der Waals surface area contributed by atoms with Gasteiger partial charge in [-0.2, -0.15) is 13.5 Å². The zero-order valence-electron chi connectivity index (χ0n) is 14.9. The number of urea groups is 1. The molecule has 0 spiro atoms. The van der Waals surface area contributed by atoms with Crippen LogP contribution in [0, 0.1) is 0 Å². The molecule has 3 rings (SSSR count). The van der Waals surface area contributed by atoms with E-state index in [-0.39, 0.29) is 31.1 Å². The monoisotopic (exact) mass is 442 g/mol. The predicted molar refractivity (Wildman–Crippen MR) is 92.6 cm³/mol. The highest BCUT2D eigenvalue weighted by molar-refractivity contribution is 7.91. The van der Waals surface area contributed by atoms with Crippen LogP contribution in [0.1, 0.15) is 12.8 Å². The van der Waals surface area contributed by atoms with Crippen LogP contribution in [0.15, 0.2) is 0 Å². The van der Waals surface area contributed by atoms with Gasteiger partial charge in [0.2, 0.25) is 0 Å². The van der Waals surface area contributed by atoms with Crippen molar-refractivity contribution >= 4 is 32.2 Å². The molecular formula is C13H22N4O9S2. The number of sulfone groups is 1. The number of nitrogens with one attached hydrogen (secondary N) is 1. The number of fused-ring (bicyclic) bond motifs is 2. The van der Waals surface area contributed by atoms with Gasteiger partial charge in [0.1, 0.15) is 6.04 Å². The van der Waals surface area contributed by atoms with Crippen molar-refractivity contribution in [2.75, 3.05) is 44.3 Å². The number of rotatable bonds is 7. The molecule has 0 saturated carbocycles. The Hall–Kier alpha value is -1.52. The highest BCUT2D eigenvalue weighted by Crippen LogP contribution is 2.30. The number of carbonyl (C=O) groups excluding carboxylic acids is 2. The summed E-state index contributed by atoms with van der Waals surface area (Å²) in [6.07, 6.45) is 0.596. The second-order valence-electron chi connectivity index (χ2n) is 6.82. The van der Waals surface area contributed by atoms with Crippen LogP contribution in [-0.4, -0.2) is 105 Å². The van der Waals surface area contributed by atoms with Gasteiger partial charge in [-0.3, -0.25) is 19.1 Å². The highest BCUT2D eigenvalue weighted by atomic mass is 32.3. The maximum atomic E-state index is 12.3. The first-order valence-electron chi connectivity index (χ1n) is 8.67. The molecule has 2 bridgehead atoms. The largest absolute Gasteiger partial charge is 0.418 e. The van der Waals surface area contributed by atoms with Crippen LogP contribution >= 0.6 is 0 Å². The molecule has 3 heterocycles. The average Bonchev–Trinajstić information content (AvgIpc) is 2.83. The van der Waals surface area contributed by atoms with Crippen molar-refractivity contribution in [3.63, 3.8) is 0 Å². The number of amides is 3. The lowest BCUT2D eigenvalue weighted by molar-refractivity contribution is -0.139. The zero-order chi connectivity index (χ0) is 20.5. The number of piperidine rings is 1. The first-order valence-corrected chi connectivity index (χ1v) is 11.9. The molecule has 1 unspecified atom stereocenters. The van der Waals surface area contributed by atoms with Crippen LogP contribution in [0.3, 0.4) is 0 Å². The van der Waals surface area contributed by atoms with E-state index in [0.717, 1.165) is 4.90 Å². The summed E-state index contributed by atoms with van der Waals surface area (Å²) in [5.74, 6) is -0.356. The molecule has 2 N–H and O–H groups in total.